The summed E-state index contributed by atoms with van der Waals surface area (Å²) in [5.74, 6) is 0. The van der Waals surface area contributed by atoms with E-state index in [-0.39, 0.29) is 0 Å². The van der Waals surface area contributed by atoms with Crippen LogP contribution in [0.3, 0.4) is 0 Å². The van der Waals surface area contributed by atoms with E-state index in [4.69, 9.17) is 0 Å². The summed E-state index contributed by atoms with van der Waals surface area (Å²) in [6, 6.07) is 58.0. The van der Waals surface area contributed by atoms with E-state index in [1.54, 1.807) is 0 Å². The van der Waals surface area contributed by atoms with Crippen molar-refractivity contribution in [2.24, 2.45) is 0 Å². The summed E-state index contributed by atoms with van der Waals surface area (Å²) >= 11 is 0. The van der Waals surface area contributed by atoms with Gasteiger partial charge in [0, 0.05) is 38.3 Å². The second-order valence-electron chi connectivity index (χ2n) is 12.4. The van der Waals surface area contributed by atoms with Gasteiger partial charge in [-0.05, 0) is 74.8 Å². The van der Waals surface area contributed by atoms with Crippen LogP contribution >= 0.6 is 0 Å². The number of fused-ring (bicyclic) bond motifs is 14. The third-order valence-electron chi connectivity index (χ3n) is 10.2. The monoisotopic (exact) mass is 582 g/mol. The van der Waals surface area contributed by atoms with E-state index in [2.05, 4.69) is 167 Å². The lowest BCUT2D eigenvalue weighted by Gasteiger charge is -2.14. The highest BCUT2D eigenvalue weighted by molar-refractivity contribution is 6.39. The highest BCUT2D eigenvalue weighted by Crippen LogP contribution is 2.53. The van der Waals surface area contributed by atoms with Crippen LogP contribution in [0.4, 0.5) is 0 Å². The molecule has 1 aliphatic carbocycles. The number of para-hydroxylation sites is 3. The van der Waals surface area contributed by atoms with Crippen LogP contribution in [0.2, 0.25) is 0 Å². The van der Waals surface area contributed by atoms with Crippen molar-refractivity contribution in [3.8, 4) is 33.6 Å². The Kier molecular flexibility index (Phi) is 4.61. The van der Waals surface area contributed by atoms with Gasteiger partial charge in [-0.25, -0.2) is 0 Å². The molecule has 2 aromatic heterocycles. The molecule has 11 rings (SSSR count). The van der Waals surface area contributed by atoms with Crippen molar-refractivity contribution >= 4 is 65.2 Å². The molecular weight excluding hydrogens is 556 g/mol. The molecular formula is C44H26N2. The first-order valence-electron chi connectivity index (χ1n) is 16.0. The summed E-state index contributed by atoms with van der Waals surface area (Å²) < 4.78 is 5.05. The Hall–Kier alpha value is -6.12. The van der Waals surface area contributed by atoms with Crippen molar-refractivity contribution in [2.45, 2.75) is 0 Å². The summed E-state index contributed by atoms with van der Waals surface area (Å²) in [7, 11) is 0. The van der Waals surface area contributed by atoms with E-state index in [1.807, 2.05) is 0 Å². The maximum Gasteiger partial charge on any atom is 0.0795 e. The summed E-state index contributed by atoms with van der Waals surface area (Å²) in [4.78, 5) is 0. The van der Waals surface area contributed by atoms with Crippen LogP contribution in [0, 0.1) is 0 Å². The molecule has 2 nitrogen and oxygen atoms in total. The number of nitrogens with zero attached hydrogens (tertiary/aromatic N) is 2. The number of aromatic nitrogens is 2. The molecule has 0 saturated heterocycles. The molecule has 10 aromatic rings. The van der Waals surface area contributed by atoms with Crippen molar-refractivity contribution < 1.29 is 0 Å². The van der Waals surface area contributed by atoms with E-state index in [0.29, 0.717) is 0 Å². The van der Waals surface area contributed by atoms with Gasteiger partial charge in [-0.3, -0.25) is 0 Å². The first-order chi connectivity index (χ1) is 22.9. The van der Waals surface area contributed by atoms with Crippen molar-refractivity contribution in [3.05, 3.63) is 158 Å². The average Bonchev–Trinajstić information content (AvgIpc) is 3.77. The van der Waals surface area contributed by atoms with Crippen molar-refractivity contribution in [1.29, 1.82) is 0 Å². The van der Waals surface area contributed by atoms with Gasteiger partial charge in [-0.2, -0.15) is 0 Å². The summed E-state index contributed by atoms with van der Waals surface area (Å²) in [5.41, 5.74) is 12.6. The first-order valence-corrected chi connectivity index (χ1v) is 16.0. The van der Waals surface area contributed by atoms with Crippen LogP contribution in [0.5, 0.6) is 0 Å². The van der Waals surface area contributed by atoms with Gasteiger partial charge in [0.2, 0.25) is 0 Å². The third-order valence-corrected chi connectivity index (χ3v) is 10.2. The Morgan fingerprint density at radius 3 is 1.50 bits per heavy atom. The predicted octanol–water partition coefficient (Wildman–Crippen LogP) is 11.8. The molecule has 8 aromatic carbocycles. The molecule has 46 heavy (non-hydrogen) atoms. The Balaban J connectivity index is 1.51. The number of rotatable bonds is 2. The highest BCUT2D eigenvalue weighted by atomic mass is 15.0. The molecule has 0 radical (unpaired) electrons. The van der Waals surface area contributed by atoms with Crippen LogP contribution in [-0.2, 0) is 0 Å². The summed E-state index contributed by atoms with van der Waals surface area (Å²) in [6.45, 7) is 0. The summed E-state index contributed by atoms with van der Waals surface area (Å²) in [5, 5.41) is 10.4. The SMILES string of the molecule is c1ccc(-n2c3ccccc3c3c4ccccc4c4c5cc6c7c(cccc7c5n(-c5ccccc5)c4c32)-c2ccccc2-6)cc1. The van der Waals surface area contributed by atoms with Crippen LogP contribution < -0.4 is 0 Å². The summed E-state index contributed by atoms with van der Waals surface area (Å²) in [6.07, 6.45) is 0. The predicted molar refractivity (Wildman–Crippen MR) is 195 cm³/mol. The van der Waals surface area contributed by atoms with E-state index < -0.39 is 0 Å². The van der Waals surface area contributed by atoms with Gasteiger partial charge in [0.05, 0.1) is 22.1 Å². The second-order valence-corrected chi connectivity index (χ2v) is 12.4. The standard InChI is InChI=1S/C44H26N2/c1-3-14-27(15-4-1)45-38-25-12-11-22-34(38)40-32-20-9-10-21-33(32)41-37-26-36-30-19-8-7-18-29(30)31-23-13-24-35(39(31)36)42(37)46(44(41)43(40)45)28-16-5-2-6-17-28/h1-26H. The molecule has 0 spiro atoms. The molecule has 0 fully saturated rings. The van der Waals surface area contributed by atoms with Gasteiger partial charge in [0.15, 0.2) is 0 Å². The van der Waals surface area contributed by atoms with Crippen LogP contribution in [0.1, 0.15) is 0 Å². The van der Waals surface area contributed by atoms with E-state index in [9.17, 15) is 0 Å². The van der Waals surface area contributed by atoms with Gasteiger partial charge in [-0.1, -0.05) is 121 Å². The maximum absolute atomic E-state index is 2.56. The highest BCUT2D eigenvalue weighted by Gasteiger charge is 2.29. The normalized spacial score (nSPS) is 12.3. The third kappa shape index (κ3) is 2.92. The van der Waals surface area contributed by atoms with Crippen LogP contribution in [0.25, 0.3) is 98.8 Å². The van der Waals surface area contributed by atoms with Gasteiger partial charge >= 0.3 is 0 Å². The molecule has 212 valence electrons. The van der Waals surface area contributed by atoms with Gasteiger partial charge in [0.1, 0.15) is 0 Å². The number of hydrogen-bond donors (Lipinski definition) is 0. The molecule has 0 N–H and O–H groups in total. The van der Waals surface area contributed by atoms with E-state index >= 15 is 0 Å². The lowest BCUT2D eigenvalue weighted by atomic mass is 9.95. The molecule has 0 atom stereocenters. The van der Waals surface area contributed by atoms with E-state index in [1.165, 1.54) is 93.1 Å². The molecule has 0 amide bonds. The maximum atomic E-state index is 2.56. The Morgan fingerprint density at radius 2 is 0.783 bits per heavy atom. The Morgan fingerprint density at radius 1 is 0.283 bits per heavy atom. The molecule has 0 saturated carbocycles. The first kappa shape index (κ1) is 24.2. The lowest BCUT2D eigenvalue weighted by Crippen LogP contribution is -1.99. The molecule has 0 unspecified atom stereocenters. The quantitative estimate of drug-likeness (QED) is 0.192. The molecule has 0 aliphatic heterocycles. The van der Waals surface area contributed by atoms with Gasteiger partial charge in [0.25, 0.3) is 0 Å². The lowest BCUT2D eigenvalue weighted by molar-refractivity contribution is 1.15. The number of hydrogen-bond acceptors (Lipinski definition) is 0. The topological polar surface area (TPSA) is 9.86 Å². The zero-order chi connectivity index (χ0) is 29.9. The van der Waals surface area contributed by atoms with E-state index in [0.717, 1.165) is 5.69 Å². The minimum Gasteiger partial charge on any atom is -0.307 e. The van der Waals surface area contributed by atoms with Crippen molar-refractivity contribution in [3.63, 3.8) is 0 Å². The van der Waals surface area contributed by atoms with Crippen LogP contribution in [0.15, 0.2) is 158 Å². The average molecular weight is 583 g/mol. The Bertz CT molecular complexity index is 2890. The molecule has 2 heteroatoms. The molecule has 0 bridgehead atoms. The largest absolute Gasteiger partial charge is 0.307 e. The van der Waals surface area contributed by atoms with Crippen molar-refractivity contribution in [1.82, 2.24) is 9.13 Å². The fourth-order valence-electron chi connectivity index (χ4n) is 8.48. The fourth-order valence-corrected chi connectivity index (χ4v) is 8.48. The van der Waals surface area contributed by atoms with Crippen LogP contribution in [-0.4, -0.2) is 9.13 Å². The molecule has 2 heterocycles. The van der Waals surface area contributed by atoms with Gasteiger partial charge in [-0.15, -0.1) is 0 Å². The van der Waals surface area contributed by atoms with Crippen molar-refractivity contribution in [2.75, 3.05) is 0 Å². The number of benzene rings is 8. The Labute approximate surface area is 265 Å². The zero-order valence-electron chi connectivity index (χ0n) is 24.9. The second kappa shape index (κ2) is 8.74. The van der Waals surface area contributed by atoms with Gasteiger partial charge < -0.3 is 9.13 Å². The molecule has 1 aliphatic rings. The smallest absolute Gasteiger partial charge is 0.0795 e. The minimum absolute atomic E-state index is 1.16. The fraction of sp³-hybridized carbons (Fsp3) is 0. The minimum atomic E-state index is 1.16. The zero-order valence-corrected chi connectivity index (χ0v) is 24.9.